The zero-order valence-electron chi connectivity index (χ0n) is 11.7. The van der Waals surface area contributed by atoms with E-state index in [1.54, 1.807) is 7.05 Å². The molecule has 6 N–H and O–H groups in total. The van der Waals surface area contributed by atoms with Crippen molar-refractivity contribution in [3.05, 3.63) is 0 Å². The summed E-state index contributed by atoms with van der Waals surface area (Å²) in [7, 11) is 0.187. The normalized spacial score (nSPS) is 14.1. The van der Waals surface area contributed by atoms with Gasteiger partial charge in [-0.1, -0.05) is 12.8 Å². The summed E-state index contributed by atoms with van der Waals surface area (Å²) in [6, 6.07) is 0. The first-order valence-corrected chi connectivity index (χ1v) is 6.46. The fraction of sp³-hybridized carbons (Fsp3) is 0.818. The van der Waals surface area contributed by atoms with Crippen LogP contribution in [0.2, 0.25) is 6.32 Å². The van der Waals surface area contributed by atoms with Crippen molar-refractivity contribution < 1.29 is 29.9 Å². The van der Waals surface area contributed by atoms with Crippen molar-refractivity contribution in [1.82, 2.24) is 4.90 Å². The first kappa shape index (κ1) is 18.8. The SMILES string of the molecule is CN(CC[C@](N)(CCCCB(O)O)C(=O)O)CC(=O)O. The first-order chi connectivity index (χ1) is 9.17. The average Bonchev–Trinajstić information content (AvgIpc) is 2.31. The molecule has 0 rings (SSSR count). The van der Waals surface area contributed by atoms with Crippen molar-refractivity contribution in [3.8, 4) is 0 Å². The number of aliphatic carboxylic acids is 2. The summed E-state index contributed by atoms with van der Waals surface area (Å²) in [4.78, 5) is 23.2. The standard InChI is InChI=1S/C11H23BN2O6/c1-14(8-9(15)16)7-5-11(13,10(17)18)4-2-3-6-12(19)20/h19-20H,2-8,13H2,1H3,(H,15,16)(H,17,18)/t11-/m1/s1. The number of carboxylic acids is 2. The lowest BCUT2D eigenvalue weighted by atomic mass is 9.81. The summed E-state index contributed by atoms with van der Waals surface area (Å²) in [6.07, 6.45) is 1.44. The van der Waals surface area contributed by atoms with Gasteiger partial charge in [-0.3, -0.25) is 14.5 Å². The Hall–Kier alpha value is -1.16. The van der Waals surface area contributed by atoms with Gasteiger partial charge in [0.15, 0.2) is 0 Å². The van der Waals surface area contributed by atoms with Crippen LogP contribution in [0.1, 0.15) is 25.7 Å². The number of hydrogen-bond acceptors (Lipinski definition) is 6. The zero-order chi connectivity index (χ0) is 15.8. The van der Waals surface area contributed by atoms with Gasteiger partial charge in [0.05, 0.1) is 6.54 Å². The van der Waals surface area contributed by atoms with Crippen molar-refractivity contribution in [3.63, 3.8) is 0 Å². The molecule has 0 unspecified atom stereocenters. The molecule has 0 radical (unpaired) electrons. The van der Waals surface area contributed by atoms with Crippen LogP contribution in [-0.4, -0.2) is 69.9 Å². The second-order valence-electron chi connectivity index (χ2n) is 5.07. The van der Waals surface area contributed by atoms with E-state index in [1.165, 1.54) is 4.90 Å². The summed E-state index contributed by atoms with van der Waals surface area (Å²) in [5.74, 6) is -2.12. The maximum atomic E-state index is 11.2. The highest BCUT2D eigenvalue weighted by Gasteiger charge is 2.33. The van der Waals surface area contributed by atoms with Crippen LogP contribution in [0.5, 0.6) is 0 Å². The van der Waals surface area contributed by atoms with E-state index in [0.717, 1.165) is 0 Å². The molecule has 0 saturated carbocycles. The second kappa shape index (κ2) is 8.91. The molecule has 0 amide bonds. The Kier molecular flexibility index (Phi) is 8.39. The van der Waals surface area contributed by atoms with Crippen LogP contribution < -0.4 is 5.73 Å². The Balaban J connectivity index is 4.24. The van der Waals surface area contributed by atoms with Crippen LogP contribution in [-0.2, 0) is 9.59 Å². The number of nitrogens with two attached hydrogens (primary N) is 1. The Morgan fingerprint density at radius 1 is 1.20 bits per heavy atom. The minimum absolute atomic E-state index is 0.133. The van der Waals surface area contributed by atoms with Gasteiger partial charge >= 0.3 is 19.1 Å². The fourth-order valence-electron chi connectivity index (χ4n) is 1.81. The molecule has 20 heavy (non-hydrogen) atoms. The van der Waals surface area contributed by atoms with Gasteiger partial charge in [0.25, 0.3) is 0 Å². The Morgan fingerprint density at radius 2 is 1.80 bits per heavy atom. The third-order valence-corrected chi connectivity index (χ3v) is 3.11. The molecule has 0 spiro atoms. The van der Waals surface area contributed by atoms with E-state index in [1.807, 2.05) is 0 Å². The predicted molar refractivity (Wildman–Crippen MR) is 73.2 cm³/mol. The molecule has 1 atom stereocenters. The van der Waals surface area contributed by atoms with Crippen molar-refractivity contribution in [2.24, 2.45) is 5.73 Å². The molecule has 0 aromatic carbocycles. The van der Waals surface area contributed by atoms with Crippen LogP contribution in [0.25, 0.3) is 0 Å². The Labute approximate surface area is 118 Å². The van der Waals surface area contributed by atoms with Crippen molar-refractivity contribution >= 4 is 19.1 Å². The number of hydrogen-bond donors (Lipinski definition) is 5. The van der Waals surface area contributed by atoms with Crippen molar-refractivity contribution in [2.75, 3.05) is 20.1 Å². The number of nitrogens with zero attached hydrogens (tertiary/aromatic N) is 1. The lowest BCUT2D eigenvalue weighted by Crippen LogP contribution is -2.50. The number of carbonyl (C=O) groups is 2. The number of rotatable bonds is 11. The van der Waals surface area contributed by atoms with Gasteiger partial charge in [-0.05, 0) is 26.2 Å². The molecular weight excluding hydrogens is 267 g/mol. The van der Waals surface area contributed by atoms with E-state index in [-0.39, 0.29) is 32.3 Å². The van der Waals surface area contributed by atoms with Gasteiger partial charge < -0.3 is 26.0 Å². The molecule has 0 aromatic rings. The molecule has 0 aromatic heterocycles. The molecule has 0 bridgehead atoms. The van der Waals surface area contributed by atoms with E-state index >= 15 is 0 Å². The topological polar surface area (TPSA) is 144 Å². The Morgan fingerprint density at radius 3 is 2.25 bits per heavy atom. The van der Waals surface area contributed by atoms with Gasteiger partial charge in [0.2, 0.25) is 0 Å². The summed E-state index contributed by atoms with van der Waals surface area (Å²) in [5, 5.41) is 35.2. The van der Waals surface area contributed by atoms with Gasteiger partial charge in [-0.25, -0.2) is 0 Å². The largest absolute Gasteiger partial charge is 0.480 e. The number of unbranched alkanes of at least 4 members (excludes halogenated alkanes) is 1. The molecule has 0 aliphatic carbocycles. The van der Waals surface area contributed by atoms with Crippen LogP contribution in [0, 0.1) is 0 Å². The van der Waals surface area contributed by atoms with Crippen LogP contribution in [0.15, 0.2) is 0 Å². The fourth-order valence-corrected chi connectivity index (χ4v) is 1.81. The minimum Gasteiger partial charge on any atom is -0.480 e. The summed E-state index contributed by atoms with van der Waals surface area (Å²) < 4.78 is 0. The van der Waals surface area contributed by atoms with Gasteiger partial charge in [-0.15, -0.1) is 0 Å². The summed E-state index contributed by atoms with van der Waals surface area (Å²) in [6.45, 7) is 0.0874. The van der Waals surface area contributed by atoms with E-state index in [9.17, 15) is 14.7 Å². The van der Waals surface area contributed by atoms with E-state index < -0.39 is 24.6 Å². The average molecular weight is 290 g/mol. The Bertz CT molecular complexity index is 328. The molecule has 0 fully saturated rings. The number of likely N-dealkylation sites (N-methyl/N-ethyl adjacent to an activating group) is 1. The maximum absolute atomic E-state index is 11.2. The molecule has 8 nitrogen and oxygen atoms in total. The molecule has 0 saturated heterocycles. The highest BCUT2D eigenvalue weighted by molar-refractivity contribution is 6.40. The zero-order valence-corrected chi connectivity index (χ0v) is 11.7. The second-order valence-corrected chi connectivity index (χ2v) is 5.07. The van der Waals surface area contributed by atoms with Crippen molar-refractivity contribution in [2.45, 2.75) is 37.5 Å². The highest BCUT2D eigenvalue weighted by Crippen LogP contribution is 2.18. The predicted octanol–water partition coefficient (Wildman–Crippen LogP) is -1.18. The quantitative estimate of drug-likeness (QED) is 0.236. The monoisotopic (exact) mass is 290 g/mol. The van der Waals surface area contributed by atoms with Gasteiger partial charge in [0, 0.05) is 6.54 Å². The molecule has 0 aliphatic heterocycles. The van der Waals surface area contributed by atoms with E-state index in [4.69, 9.17) is 20.9 Å². The van der Waals surface area contributed by atoms with Crippen LogP contribution >= 0.6 is 0 Å². The minimum atomic E-state index is -1.42. The maximum Gasteiger partial charge on any atom is 0.451 e. The summed E-state index contributed by atoms with van der Waals surface area (Å²) in [5.41, 5.74) is 4.41. The molecular formula is C11H23BN2O6. The van der Waals surface area contributed by atoms with Crippen molar-refractivity contribution in [1.29, 1.82) is 0 Å². The number of carboxylic acid groups (broad SMARTS) is 2. The molecule has 0 aliphatic rings. The molecule has 116 valence electrons. The third kappa shape index (κ3) is 8.10. The van der Waals surface area contributed by atoms with Gasteiger partial charge in [0.1, 0.15) is 5.54 Å². The molecule has 0 heterocycles. The van der Waals surface area contributed by atoms with Crippen LogP contribution in [0.4, 0.5) is 0 Å². The highest BCUT2D eigenvalue weighted by atomic mass is 16.4. The van der Waals surface area contributed by atoms with Crippen LogP contribution in [0.3, 0.4) is 0 Å². The molecule has 9 heteroatoms. The lowest BCUT2D eigenvalue weighted by Gasteiger charge is -2.27. The van der Waals surface area contributed by atoms with Gasteiger partial charge in [-0.2, -0.15) is 0 Å². The first-order valence-electron chi connectivity index (χ1n) is 6.46. The van der Waals surface area contributed by atoms with E-state index in [0.29, 0.717) is 12.8 Å². The van der Waals surface area contributed by atoms with E-state index in [2.05, 4.69) is 0 Å². The summed E-state index contributed by atoms with van der Waals surface area (Å²) >= 11 is 0. The smallest absolute Gasteiger partial charge is 0.451 e. The third-order valence-electron chi connectivity index (χ3n) is 3.11. The lowest BCUT2D eigenvalue weighted by molar-refractivity contribution is -0.144.